The van der Waals surface area contributed by atoms with Gasteiger partial charge in [-0.15, -0.1) is 0 Å². The number of ether oxygens (including phenoxy) is 1. The molecule has 1 saturated heterocycles. The zero-order valence-corrected chi connectivity index (χ0v) is 18.6. The molecule has 8 heteroatoms. The Kier molecular flexibility index (Phi) is 6.16. The zero-order valence-electron chi connectivity index (χ0n) is 17.9. The van der Waals surface area contributed by atoms with Gasteiger partial charge in [0.25, 0.3) is 11.7 Å². The number of carbonyl (C=O) groups is 2. The number of aryl methyl sites for hydroxylation is 1. The van der Waals surface area contributed by atoms with Crippen LogP contribution < -0.4 is 4.74 Å². The first kappa shape index (κ1) is 22.5. The Morgan fingerprint density at radius 1 is 1.21 bits per heavy atom. The molecule has 2 heterocycles. The molecule has 4 rings (SSSR count). The molecule has 0 radical (unpaired) electrons. The van der Waals surface area contributed by atoms with Gasteiger partial charge in [0, 0.05) is 24.5 Å². The van der Waals surface area contributed by atoms with Gasteiger partial charge in [-0.2, -0.15) is 0 Å². The highest BCUT2D eigenvalue weighted by Crippen LogP contribution is 2.43. The molecule has 0 saturated carbocycles. The van der Waals surface area contributed by atoms with E-state index >= 15 is 0 Å². The van der Waals surface area contributed by atoms with Gasteiger partial charge in [-0.25, -0.2) is 4.39 Å². The molecule has 1 fully saturated rings. The van der Waals surface area contributed by atoms with Gasteiger partial charge in [0.1, 0.15) is 17.3 Å². The third kappa shape index (κ3) is 4.07. The maximum Gasteiger partial charge on any atom is 0.295 e. The average molecular weight is 467 g/mol. The molecule has 1 aliphatic rings. The lowest BCUT2D eigenvalue weighted by molar-refractivity contribution is -0.140. The van der Waals surface area contributed by atoms with Crippen LogP contribution in [0.4, 0.5) is 4.39 Å². The van der Waals surface area contributed by atoms with Gasteiger partial charge in [-0.3, -0.25) is 14.6 Å². The van der Waals surface area contributed by atoms with E-state index in [9.17, 15) is 19.1 Å². The molecular weight excluding hydrogens is 447 g/mol. The highest BCUT2D eigenvalue weighted by Gasteiger charge is 2.47. The largest absolute Gasteiger partial charge is 0.507 e. The fraction of sp³-hybridized carbons (Fsp3) is 0.160. The minimum Gasteiger partial charge on any atom is -0.507 e. The molecule has 1 N–H and O–H groups in total. The lowest BCUT2D eigenvalue weighted by Crippen LogP contribution is -2.29. The van der Waals surface area contributed by atoms with Crippen molar-refractivity contribution in [1.82, 2.24) is 9.88 Å². The molecule has 0 spiro atoms. The molecule has 1 aliphatic heterocycles. The van der Waals surface area contributed by atoms with E-state index in [1.807, 2.05) is 0 Å². The second-order valence-corrected chi connectivity index (χ2v) is 8.04. The second-order valence-electron chi connectivity index (χ2n) is 7.64. The van der Waals surface area contributed by atoms with E-state index in [2.05, 4.69) is 4.98 Å². The van der Waals surface area contributed by atoms with E-state index in [-0.39, 0.29) is 34.0 Å². The maximum atomic E-state index is 14.9. The molecule has 33 heavy (non-hydrogen) atoms. The predicted octanol–water partition coefficient (Wildman–Crippen LogP) is 4.81. The summed E-state index contributed by atoms with van der Waals surface area (Å²) in [5.74, 6) is -2.74. The summed E-state index contributed by atoms with van der Waals surface area (Å²) in [6, 6.07) is 11.4. The Balaban J connectivity index is 1.95. The van der Waals surface area contributed by atoms with Crippen molar-refractivity contribution in [1.29, 1.82) is 0 Å². The number of pyridine rings is 1. The summed E-state index contributed by atoms with van der Waals surface area (Å²) in [4.78, 5) is 31.5. The number of Topliss-reactive ketones (excluding diaryl/α,β-unsaturated/α-hetero) is 1. The molecule has 1 aromatic heterocycles. The smallest absolute Gasteiger partial charge is 0.295 e. The molecule has 1 unspecified atom stereocenters. The van der Waals surface area contributed by atoms with Crippen molar-refractivity contribution in [3.63, 3.8) is 0 Å². The number of likely N-dealkylation sites (tertiary alicyclic amines) is 1. The van der Waals surface area contributed by atoms with E-state index in [0.717, 1.165) is 0 Å². The van der Waals surface area contributed by atoms with E-state index in [4.69, 9.17) is 16.3 Å². The molecule has 2 aromatic carbocycles. The summed E-state index contributed by atoms with van der Waals surface area (Å²) in [6.07, 6.45) is 3.14. The van der Waals surface area contributed by atoms with E-state index < -0.39 is 29.3 Å². The number of hydrogen-bond donors (Lipinski definition) is 1. The number of aliphatic hydroxyl groups excluding tert-OH is 1. The number of methoxy groups -OCH3 is 1. The average Bonchev–Trinajstić information content (AvgIpc) is 3.04. The fourth-order valence-electron chi connectivity index (χ4n) is 4.01. The van der Waals surface area contributed by atoms with Crippen LogP contribution in [-0.4, -0.2) is 33.8 Å². The highest BCUT2D eigenvalue weighted by atomic mass is 35.5. The minimum atomic E-state index is -1.16. The van der Waals surface area contributed by atoms with Gasteiger partial charge in [0.05, 0.1) is 29.3 Å². The third-order valence-electron chi connectivity index (χ3n) is 5.46. The van der Waals surface area contributed by atoms with Gasteiger partial charge in [-0.05, 0) is 42.3 Å². The van der Waals surface area contributed by atoms with Crippen molar-refractivity contribution in [3.05, 3.63) is 99.6 Å². The molecular formula is C25H20ClFN2O4. The summed E-state index contributed by atoms with van der Waals surface area (Å²) in [5, 5.41) is 11.5. The first-order valence-corrected chi connectivity index (χ1v) is 10.5. The summed E-state index contributed by atoms with van der Waals surface area (Å²) in [5.41, 5.74) is 1.34. The van der Waals surface area contributed by atoms with Crippen LogP contribution in [0.3, 0.4) is 0 Å². The lowest BCUT2D eigenvalue weighted by Gasteiger charge is -2.25. The van der Waals surface area contributed by atoms with Gasteiger partial charge >= 0.3 is 0 Å². The SMILES string of the molecule is COc1c(Cl)cc(C)cc1/C(O)=C1\C(=O)C(=O)N(Cc2cccnc2)C1c1ccccc1F. The van der Waals surface area contributed by atoms with Crippen molar-refractivity contribution in [2.24, 2.45) is 0 Å². The summed E-state index contributed by atoms with van der Waals surface area (Å²) in [7, 11) is 1.38. The number of hydrogen-bond acceptors (Lipinski definition) is 5. The van der Waals surface area contributed by atoms with Crippen LogP contribution in [0, 0.1) is 12.7 Å². The van der Waals surface area contributed by atoms with Crippen LogP contribution in [0.15, 0.2) is 66.5 Å². The fourth-order valence-corrected chi connectivity index (χ4v) is 4.36. The lowest BCUT2D eigenvalue weighted by atomic mass is 9.94. The molecule has 6 nitrogen and oxygen atoms in total. The van der Waals surface area contributed by atoms with Gasteiger partial charge in [-0.1, -0.05) is 35.9 Å². The summed E-state index contributed by atoms with van der Waals surface area (Å²) >= 11 is 6.28. The number of halogens is 2. The van der Waals surface area contributed by atoms with Crippen molar-refractivity contribution in [2.75, 3.05) is 7.11 Å². The van der Waals surface area contributed by atoms with Crippen LogP contribution in [-0.2, 0) is 16.1 Å². The van der Waals surface area contributed by atoms with Gasteiger partial charge in [0.2, 0.25) is 0 Å². The van der Waals surface area contributed by atoms with Gasteiger partial charge < -0.3 is 14.7 Å². The van der Waals surface area contributed by atoms with Crippen LogP contribution in [0.2, 0.25) is 5.02 Å². The Labute approximate surface area is 194 Å². The number of carbonyl (C=O) groups excluding carboxylic acids is 2. The van der Waals surface area contributed by atoms with E-state index in [0.29, 0.717) is 11.1 Å². The Hall–Kier alpha value is -3.71. The van der Waals surface area contributed by atoms with Crippen LogP contribution in [0.25, 0.3) is 5.76 Å². The minimum absolute atomic E-state index is 0.0000964. The Bertz CT molecular complexity index is 1280. The molecule has 1 amide bonds. The van der Waals surface area contributed by atoms with Crippen molar-refractivity contribution >= 4 is 29.1 Å². The van der Waals surface area contributed by atoms with Crippen LogP contribution >= 0.6 is 11.6 Å². The summed E-state index contributed by atoms with van der Waals surface area (Å²) in [6.45, 7) is 1.76. The van der Waals surface area contributed by atoms with E-state index in [1.165, 1.54) is 30.2 Å². The Morgan fingerprint density at radius 3 is 2.64 bits per heavy atom. The van der Waals surface area contributed by atoms with Crippen molar-refractivity contribution in [3.8, 4) is 5.75 Å². The van der Waals surface area contributed by atoms with Crippen molar-refractivity contribution < 1.29 is 23.8 Å². The molecule has 3 aromatic rings. The van der Waals surface area contributed by atoms with Crippen molar-refractivity contribution in [2.45, 2.75) is 19.5 Å². The molecule has 0 bridgehead atoms. The van der Waals surface area contributed by atoms with Crippen LogP contribution in [0.1, 0.15) is 28.3 Å². The zero-order chi connectivity index (χ0) is 23.7. The third-order valence-corrected chi connectivity index (χ3v) is 5.74. The first-order chi connectivity index (χ1) is 15.8. The highest BCUT2D eigenvalue weighted by molar-refractivity contribution is 6.46. The Morgan fingerprint density at radius 2 is 1.97 bits per heavy atom. The number of rotatable bonds is 5. The second kappa shape index (κ2) is 9.03. The van der Waals surface area contributed by atoms with Gasteiger partial charge in [0.15, 0.2) is 0 Å². The standard InChI is InChI=1S/C25H20ClFN2O4/c1-14-10-17(24(33-2)18(26)11-14)22(30)20-21(16-7-3-4-8-19(16)27)29(25(32)23(20)31)13-15-6-5-9-28-12-15/h3-12,21,30H,13H2,1-2H3/b22-20+. The number of benzene rings is 2. The molecule has 1 atom stereocenters. The summed E-state index contributed by atoms with van der Waals surface area (Å²) < 4.78 is 20.3. The number of aromatic nitrogens is 1. The van der Waals surface area contributed by atoms with Crippen LogP contribution in [0.5, 0.6) is 5.75 Å². The maximum absolute atomic E-state index is 14.9. The molecule has 0 aliphatic carbocycles. The number of nitrogens with zero attached hydrogens (tertiary/aromatic N) is 2. The predicted molar refractivity (Wildman–Crippen MR) is 121 cm³/mol. The number of ketones is 1. The first-order valence-electron chi connectivity index (χ1n) is 10.1. The molecule has 168 valence electrons. The normalized spacial score (nSPS) is 17.5. The quantitative estimate of drug-likeness (QED) is 0.331. The number of aliphatic hydroxyl groups is 1. The topological polar surface area (TPSA) is 79.7 Å². The monoisotopic (exact) mass is 466 g/mol. The van der Waals surface area contributed by atoms with E-state index in [1.54, 1.807) is 49.6 Å². The number of amides is 1.